The van der Waals surface area contributed by atoms with Gasteiger partial charge in [-0.05, 0) is 38.1 Å². The predicted octanol–water partition coefficient (Wildman–Crippen LogP) is 2.39. The van der Waals surface area contributed by atoms with E-state index in [2.05, 4.69) is 5.32 Å². The number of hydrogen-bond donors (Lipinski definition) is 1. The molecule has 0 aliphatic carbocycles. The first-order chi connectivity index (χ1) is 12.9. The lowest BCUT2D eigenvalue weighted by molar-refractivity contribution is -0.146. The van der Waals surface area contributed by atoms with Crippen molar-refractivity contribution in [2.75, 3.05) is 25.0 Å². The second-order valence-electron chi connectivity index (χ2n) is 6.23. The first kappa shape index (κ1) is 19.1. The van der Waals surface area contributed by atoms with E-state index < -0.39 is 11.9 Å². The monoisotopic (exact) mass is 392 g/mol. The Morgan fingerprint density at radius 1 is 1.22 bits per heavy atom. The molecule has 1 saturated heterocycles. The van der Waals surface area contributed by atoms with Gasteiger partial charge in [0.25, 0.3) is 11.8 Å². The molecule has 2 aromatic heterocycles. The van der Waals surface area contributed by atoms with Crippen LogP contribution in [0.5, 0.6) is 0 Å². The van der Waals surface area contributed by atoms with E-state index in [9.17, 15) is 14.4 Å². The molecule has 2 aromatic rings. The van der Waals surface area contributed by atoms with Crippen LogP contribution >= 0.6 is 11.3 Å². The number of rotatable bonds is 5. The highest BCUT2D eigenvalue weighted by atomic mass is 32.1. The summed E-state index contributed by atoms with van der Waals surface area (Å²) in [5, 5.41) is 3.11. The zero-order valence-corrected chi connectivity index (χ0v) is 15.8. The van der Waals surface area contributed by atoms with Crippen molar-refractivity contribution in [1.82, 2.24) is 4.90 Å². The van der Waals surface area contributed by atoms with Crippen LogP contribution in [-0.2, 0) is 14.3 Å². The molecule has 3 rings (SSSR count). The molecule has 9 heteroatoms. The van der Waals surface area contributed by atoms with Crippen molar-refractivity contribution < 1.29 is 28.3 Å². The number of nitrogens with one attached hydrogen (secondary N) is 1. The van der Waals surface area contributed by atoms with Crippen molar-refractivity contribution >= 4 is 34.1 Å². The van der Waals surface area contributed by atoms with Gasteiger partial charge in [0, 0.05) is 13.1 Å². The molecule has 0 radical (unpaired) electrons. The lowest BCUT2D eigenvalue weighted by atomic mass is 10.2. The second kappa shape index (κ2) is 8.36. The van der Waals surface area contributed by atoms with Gasteiger partial charge in [0.05, 0.1) is 23.5 Å². The standard InChI is InChI=1S/C18H20N2O6S/c1-11-8-20(9-12(2)26-11)16(21)10-25-18(23)14-5-6-15(27-14)19-17(22)13-4-3-7-24-13/h3-7,11-12H,8-10H2,1-2H3,(H,19,22). The van der Waals surface area contributed by atoms with Crippen LogP contribution in [0.3, 0.4) is 0 Å². The Morgan fingerprint density at radius 2 is 1.96 bits per heavy atom. The van der Waals surface area contributed by atoms with Crippen molar-refractivity contribution in [3.05, 3.63) is 41.2 Å². The zero-order chi connectivity index (χ0) is 19.4. The normalized spacial score (nSPS) is 19.6. The summed E-state index contributed by atoms with van der Waals surface area (Å²) in [4.78, 5) is 38.2. The van der Waals surface area contributed by atoms with Gasteiger partial charge in [0.15, 0.2) is 12.4 Å². The molecule has 2 amide bonds. The fraction of sp³-hybridized carbons (Fsp3) is 0.389. The molecule has 2 atom stereocenters. The van der Waals surface area contributed by atoms with Gasteiger partial charge in [-0.25, -0.2) is 4.79 Å². The largest absolute Gasteiger partial charge is 0.459 e. The number of nitrogens with zero attached hydrogens (tertiary/aromatic N) is 1. The van der Waals surface area contributed by atoms with Crippen LogP contribution in [0.2, 0.25) is 0 Å². The average Bonchev–Trinajstić information content (AvgIpc) is 3.30. The van der Waals surface area contributed by atoms with Crippen molar-refractivity contribution in [2.24, 2.45) is 0 Å². The fourth-order valence-electron chi connectivity index (χ4n) is 2.77. The Balaban J connectivity index is 1.50. The third kappa shape index (κ3) is 4.95. The highest BCUT2D eigenvalue weighted by Gasteiger charge is 2.26. The van der Waals surface area contributed by atoms with E-state index in [4.69, 9.17) is 13.9 Å². The van der Waals surface area contributed by atoms with Crippen molar-refractivity contribution in [3.8, 4) is 0 Å². The van der Waals surface area contributed by atoms with Crippen LogP contribution in [-0.4, -0.2) is 54.6 Å². The summed E-state index contributed by atoms with van der Waals surface area (Å²) in [6, 6.07) is 6.28. The SMILES string of the molecule is CC1CN(C(=O)COC(=O)c2ccc(NC(=O)c3ccco3)s2)CC(C)O1. The first-order valence-corrected chi connectivity index (χ1v) is 9.29. The minimum absolute atomic E-state index is 0.0500. The number of ether oxygens (including phenoxy) is 2. The number of amides is 2. The highest BCUT2D eigenvalue weighted by Crippen LogP contribution is 2.23. The smallest absolute Gasteiger partial charge is 0.348 e. The summed E-state index contributed by atoms with van der Waals surface area (Å²) in [5.74, 6) is -1.10. The van der Waals surface area contributed by atoms with Crippen molar-refractivity contribution in [3.63, 3.8) is 0 Å². The highest BCUT2D eigenvalue weighted by molar-refractivity contribution is 7.18. The number of furan rings is 1. The number of morpholine rings is 1. The molecule has 1 aliphatic rings. The molecule has 1 fully saturated rings. The summed E-state index contributed by atoms with van der Waals surface area (Å²) in [7, 11) is 0. The summed E-state index contributed by atoms with van der Waals surface area (Å²) < 4.78 is 15.7. The van der Waals surface area contributed by atoms with Crippen LogP contribution in [0.4, 0.5) is 5.00 Å². The molecule has 0 saturated carbocycles. The average molecular weight is 392 g/mol. The maximum absolute atomic E-state index is 12.2. The summed E-state index contributed by atoms with van der Waals surface area (Å²) in [6.07, 6.45) is 1.30. The molecule has 3 heterocycles. The van der Waals surface area contributed by atoms with Crippen LogP contribution in [0.15, 0.2) is 34.9 Å². The summed E-state index contributed by atoms with van der Waals surface area (Å²) in [6.45, 7) is 4.41. The van der Waals surface area contributed by atoms with E-state index >= 15 is 0 Å². The number of thiophene rings is 1. The lowest BCUT2D eigenvalue weighted by Crippen LogP contribution is -2.49. The molecule has 0 aromatic carbocycles. The second-order valence-corrected chi connectivity index (χ2v) is 7.31. The van der Waals surface area contributed by atoms with E-state index in [1.54, 1.807) is 17.0 Å². The number of carbonyl (C=O) groups is 3. The Bertz CT molecular complexity index is 806. The maximum atomic E-state index is 12.2. The third-order valence-corrected chi connectivity index (χ3v) is 4.87. The van der Waals surface area contributed by atoms with E-state index in [1.807, 2.05) is 13.8 Å². The van der Waals surface area contributed by atoms with Crippen LogP contribution in [0.1, 0.15) is 34.1 Å². The van der Waals surface area contributed by atoms with Crippen LogP contribution < -0.4 is 5.32 Å². The molecular formula is C18H20N2O6S. The van der Waals surface area contributed by atoms with E-state index in [0.717, 1.165) is 11.3 Å². The first-order valence-electron chi connectivity index (χ1n) is 8.47. The lowest BCUT2D eigenvalue weighted by Gasteiger charge is -2.35. The van der Waals surface area contributed by atoms with E-state index in [-0.39, 0.29) is 30.5 Å². The Hall–Kier alpha value is -2.65. The van der Waals surface area contributed by atoms with Crippen molar-refractivity contribution in [1.29, 1.82) is 0 Å². The van der Waals surface area contributed by atoms with Gasteiger partial charge in [-0.2, -0.15) is 0 Å². The van der Waals surface area contributed by atoms with Gasteiger partial charge in [-0.3, -0.25) is 9.59 Å². The van der Waals surface area contributed by atoms with Crippen LogP contribution in [0.25, 0.3) is 0 Å². The van der Waals surface area contributed by atoms with E-state index in [0.29, 0.717) is 23.0 Å². The molecule has 1 aliphatic heterocycles. The molecule has 0 spiro atoms. The number of hydrogen-bond acceptors (Lipinski definition) is 7. The number of anilines is 1. The quantitative estimate of drug-likeness (QED) is 0.785. The van der Waals surface area contributed by atoms with Gasteiger partial charge in [-0.15, -0.1) is 11.3 Å². The molecule has 0 bridgehead atoms. The number of esters is 1. The van der Waals surface area contributed by atoms with Gasteiger partial charge in [0.2, 0.25) is 0 Å². The van der Waals surface area contributed by atoms with Gasteiger partial charge in [-0.1, -0.05) is 0 Å². The van der Waals surface area contributed by atoms with Gasteiger partial charge >= 0.3 is 5.97 Å². The Labute approximate surface area is 160 Å². The molecule has 8 nitrogen and oxygen atoms in total. The predicted molar refractivity (Wildman–Crippen MR) is 97.9 cm³/mol. The van der Waals surface area contributed by atoms with Gasteiger partial charge < -0.3 is 24.1 Å². The zero-order valence-electron chi connectivity index (χ0n) is 15.0. The molecular weight excluding hydrogens is 372 g/mol. The molecule has 144 valence electrons. The molecule has 2 unspecified atom stereocenters. The topological polar surface area (TPSA) is 98.1 Å². The van der Waals surface area contributed by atoms with Crippen molar-refractivity contribution in [2.45, 2.75) is 26.1 Å². The number of carbonyl (C=O) groups excluding carboxylic acids is 3. The minimum atomic E-state index is -0.610. The third-order valence-electron chi connectivity index (χ3n) is 3.89. The molecule has 27 heavy (non-hydrogen) atoms. The fourth-order valence-corrected chi connectivity index (χ4v) is 3.56. The Kier molecular flexibility index (Phi) is 5.92. The molecule has 1 N–H and O–H groups in total. The summed E-state index contributed by atoms with van der Waals surface area (Å²) >= 11 is 1.06. The minimum Gasteiger partial charge on any atom is -0.459 e. The maximum Gasteiger partial charge on any atom is 0.348 e. The Morgan fingerprint density at radius 3 is 2.63 bits per heavy atom. The van der Waals surface area contributed by atoms with Gasteiger partial charge in [0.1, 0.15) is 4.88 Å². The van der Waals surface area contributed by atoms with Crippen LogP contribution in [0, 0.1) is 0 Å². The van der Waals surface area contributed by atoms with E-state index in [1.165, 1.54) is 18.4 Å². The summed E-state index contributed by atoms with van der Waals surface area (Å²) in [5.41, 5.74) is 0.